The summed E-state index contributed by atoms with van der Waals surface area (Å²) in [6.45, 7) is 2.10. The smallest absolute Gasteiger partial charge is 0.129 e. The van der Waals surface area contributed by atoms with Crippen LogP contribution < -0.4 is 5.32 Å². The topological polar surface area (TPSA) is 73.8 Å². The van der Waals surface area contributed by atoms with Crippen LogP contribution in [0.2, 0.25) is 0 Å². The minimum atomic E-state index is -0.0844. The first kappa shape index (κ1) is 14.5. The van der Waals surface area contributed by atoms with Gasteiger partial charge in [0.1, 0.15) is 12.1 Å². The number of rotatable bonds is 6. The number of para-hydroxylation sites is 1. The van der Waals surface area contributed by atoms with Gasteiger partial charge in [-0.2, -0.15) is 0 Å². The second-order valence-corrected chi connectivity index (χ2v) is 5.34. The third kappa shape index (κ3) is 3.09. The normalized spacial score (nSPS) is 12.5. The Morgan fingerprint density at radius 2 is 2.14 bits per heavy atom. The molecule has 5 nitrogen and oxygen atoms in total. The van der Waals surface area contributed by atoms with Crippen LogP contribution in [0.1, 0.15) is 18.2 Å². The number of aromatic nitrogens is 3. The van der Waals surface area contributed by atoms with Crippen molar-refractivity contribution in [3.63, 3.8) is 0 Å². The predicted octanol–water partition coefficient (Wildman–Crippen LogP) is 2.54. The Kier molecular flexibility index (Phi) is 4.34. The van der Waals surface area contributed by atoms with Crippen LogP contribution in [-0.2, 0) is 12.8 Å². The predicted molar refractivity (Wildman–Crippen MR) is 87.9 cm³/mol. The Balaban J connectivity index is 1.76. The average Bonchev–Trinajstić information content (AvgIpc) is 2.97. The number of nitrogens with one attached hydrogen (secondary N) is 2. The highest BCUT2D eigenvalue weighted by molar-refractivity contribution is 5.83. The van der Waals surface area contributed by atoms with Gasteiger partial charge in [0.05, 0.1) is 12.6 Å². The summed E-state index contributed by atoms with van der Waals surface area (Å²) in [4.78, 5) is 11.7. The lowest BCUT2D eigenvalue weighted by atomic mass is 10.1. The quantitative estimate of drug-likeness (QED) is 0.653. The van der Waals surface area contributed by atoms with Gasteiger partial charge in [0, 0.05) is 28.9 Å². The summed E-state index contributed by atoms with van der Waals surface area (Å²) in [6.07, 6.45) is 5.16. The van der Waals surface area contributed by atoms with Gasteiger partial charge in [0.25, 0.3) is 0 Å². The van der Waals surface area contributed by atoms with Crippen LogP contribution in [-0.4, -0.2) is 32.7 Å². The van der Waals surface area contributed by atoms with Crippen molar-refractivity contribution in [1.29, 1.82) is 0 Å². The second kappa shape index (κ2) is 6.58. The molecule has 5 heteroatoms. The van der Waals surface area contributed by atoms with E-state index in [2.05, 4.69) is 39.3 Å². The van der Waals surface area contributed by atoms with Crippen LogP contribution in [0, 0.1) is 0 Å². The highest BCUT2D eigenvalue weighted by atomic mass is 16.3. The van der Waals surface area contributed by atoms with Crippen molar-refractivity contribution in [2.45, 2.75) is 25.8 Å². The van der Waals surface area contributed by atoms with Crippen molar-refractivity contribution in [1.82, 2.24) is 15.0 Å². The van der Waals surface area contributed by atoms with E-state index >= 15 is 0 Å². The van der Waals surface area contributed by atoms with Crippen LogP contribution in [0.4, 0.5) is 5.82 Å². The lowest BCUT2D eigenvalue weighted by molar-refractivity contribution is 0.273. The van der Waals surface area contributed by atoms with Gasteiger partial charge in [-0.05, 0) is 24.5 Å². The number of aryl methyl sites for hydroxylation is 1. The molecule has 0 spiro atoms. The Hall–Kier alpha value is -2.40. The molecule has 0 aliphatic heterocycles. The number of aliphatic hydroxyl groups excluding tert-OH is 1. The van der Waals surface area contributed by atoms with Gasteiger partial charge < -0.3 is 15.4 Å². The first-order valence-electron chi connectivity index (χ1n) is 7.53. The zero-order valence-electron chi connectivity index (χ0n) is 12.6. The van der Waals surface area contributed by atoms with Gasteiger partial charge in [-0.3, -0.25) is 0 Å². The van der Waals surface area contributed by atoms with Crippen molar-refractivity contribution in [2.24, 2.45) is 0 Å². The van der Waals surface area contributed by atoms with E-state index in [9.17, 15) is 5.11 Å². The SMILES string of the molecule is CCc1cc(N[C@H](CO)Cc2c[nH]c3ccccc23)ncn1. The van der Waals surface area contributed by atoms with Crippen LogP contribution in [0.5, 0.6) is 0 Å². The molecular weight excluding hydrogens is 276 g/mol. The van der Waals surface area contributed by atoms with E-state index in [0.717, 1.165) is 29.9 Å². The Morgan fingerprint density at radius 1 is 1.27 bits per heavy atom. The highest BCUT2D eigenvalue weighted by Gasteiger charge is 2.12. The maximum Gasteiger partial charge on any atom is 0.129 e. The second-order valence-electron chi connectivity index (χ2n) is 5.34. The maximum atomic E-state index is 9.67. The Morgan fingerprint density at radius 3 is 2.95 bits per heavy atom. The van der Waals surface area contributed by atoms with Crippen molar-refractivity contribution < 1.29 is 5.11 Å². The molecule has 0 aliphatic carbocycles. The third-order valence-corrected chi connectivity index (χ3v) is 3.80. The van der Waals surface area contributed by atoms with Gasteiger partial charge in [-0.15, -0.1) is 0 Å². The van der Waals surface area contributed by atoms with Crippen LogP contribution in [0.25, 0.3) is 10.9 Å². The van der Waals surface area contributed by atoms with Crippen LogP contribution in [0.3, 0.4) is 0 Å². The molecule has 2 aromatic heterocycles. The molecule has 0 saturated carbocycles. The maximum absolute atomic E-state index is 9.67. The van der Waals surface area contributed by atoms with Crippen molar-refractivity contribution in [2.75, 3.05) is 11.9 Å². The van der Waals surface area contributed by atoms with Crippen molar-refractivity contribution in [3.05, 3.63) is 54.1 Å². The number of hydrogen-bond donors (Lipinski definition) is 3. The Labute approximate surface area is 129 Å². The molecule has 1 aromatic carbocycles. The number of anilines is 1. The van der Waals surface area contributed by atoms with E-state index in [1.165, 1.54) is 10.9 Å². The molecule has 0 aliphatic rings. The minimum absolute atomic E-state index is 0.0466. The molecule has 114 valence electrons. The van der Waals surface area contributed by atoms with E-state index in [1.54, 1.807) is 6.33 Å². The molecule has 0 saturated heterocycles. The summed E-state index contributed by atoms with van der Waals surface area (Å²) < 4.78 is 0. The fourth-order valence-electron chi connectivity index (χ4n) is 2.61. The number of nitrogens with zero attached hydrogens (tertiary/aromatic N) is 2. The van der Waals surface area contributed by atoms with Crippen LogP contribution in [0.15, 0.2) is 42.9 Å². The number of benzene rings is 1. The number of fused-ring (bicyclic) bond motifs is 1. The van der Waals surface area contributed by atoms with Gasteiger partial charge in [0.15, 0.2) is 0 Å². The van der Waals surface area contributed by atoms with Gasteiger partial charge in [0.2, 0.25) is 0 Å². The molecule has 1 atom stereocenters. The summed E-state index contributed by atoms with van der Waals surface area (Å²) in [5.74, 6) is 0.755. The molecule has 2 heterocycles. The van der Waals surface area contributed by atoms with Crippen molar-refractivity contribution >= 4 is 16.7 Å². The number of aromatic amines is 1. The lowest BCUT2D eigenvalue weighted by Gasteiger charge is -2.16. The van der Waals surface area contributed by atoms with E-state index < -0.39 is 0 Å². The number of hydrogen-bond acceptors (Lipinski definition) is 4. The first-order valence-corrected chi connectivity index (χ1v) is 7.53. The molecule has 0 radical (unpaired) electrons. The standard InChI is InChI=1S/C17H20N4O/c1-2-13-8-17(20-11-19-13)21-14(10-22)7-12-9-18-16-6-4-3-5-15(12)16/h3-6,8-9,11,14,18,22H,2,7,10H2,1H3,(H,19,20,21)/t14-/m0/s1. The first-order chi connectivity index (χ1) is 10.8. The summed E-state index contributed by atoms with van der Waals surface area (Å²) in [6, 6.07) is 10.0. The highest BCUT2D eigenvalue weighted by Crippen LogP contribution is 2.20. The Bertz CT molecular complexity index is 753. The molecular formula is C17H20N4O. The summed E-state index contributed by atoms with van der Waals surface area (Å²) in [7, 11) is 0. The summed E-state index contributed by atoms with van der Waals surface area (Å²) in [5, 5.41) is 14.2. The van der Waals surface area contributed by atoms with Crippen molar-refractivity contribution in [3.8, 4) is 0 Å². The van der Waals surface area contributed by atoms with Crippen LogP contribution >= 0.6 is 0 Å². The molecule has 3 N–H and O–H groups in total. The van der Waals surface area contributed by atoms with Gasteiger partial charge >= 0.3 is 0 Å². The largest absolute Gasteiger partial charge is 0.394 e. The molecule has 0 bridgehead atoms. The fourth-order valence-corrected chi connectivity index (χ4v) is 2.61. The average molecular weight is 296 g/mol. The summed E-state index contributed by atoms with van der Waals surface area (Å²) >= 11 is 0. The van der Waals surface area contributed by atoms with Gasteiger partial charge in [-0.1, -0.05) is 25.1 Å². The summed E-state index contributed by atoms with van der Waals surface area (Å²) in [5.41, 5.74) is 3.29. The lowest BCUT2D eigenvalue weighted by Crippen LogP contribution is -2.26. The zero-order chi connectivity index (χ0) is 15.4. The molecule has 3 aromatic rings. The zero-order valence-corrected chi connectivity index (χ0v) is 12.6. The molecule has 3 rings (SSSR count). The minimum Gasteiger partial charge on any atom is -0.394 e. The number of H-pyrrole nitrogens is 1. The van der Waals surface area contributed by atoms with Gasteiger partial charge in [-0.25, -0.2) is 9.97 Å². The van der Waals surface area contributed by atoms with E-state index in [1.807, 2.05) is 24.4 Å². The molecule has 22 heavy (non-hydrogen) atoms. The monoisotopic (exact) mass is 296 g/mol. The molecule has 0 amide bonds. The van der Waals surface area contributed by atoms with E-state index in [0.29, 0.717) is 0 Å². The molecule has 0 unspecified atom stereocenters. The molecule has 0 fully saturated rings. The number of aliphatic hydroxyl groups is 1. The van der Waals surface area contributed by atoms with E-state index in [4.69, 9.17) is 0 Å². The third-order valence-electron chi connectivity index (χ3n) is 3.80. The van der Waals surface area contributed by atoms with E-state index in [-0.39, 0.29) is 12.6 Å². The fraction of sp³-hybridized carbons (Fsp3) is 0.294.